The second kappa shape index (κ2) is 7.60. The van der Waals surface area contributed by atoms with Crippen molar-refractivity contribution in [1.82, 2.24) is 4.57 Å². The van der Waals surface area contributed by atoms with Crippen LogP contribution in [-0.2, 0) is 0 Å². The van der Waals surface area contributed by atoms with Gasteiger partial charge in [-0.05, 0) is 59.7 Å². The lowest BCUT2D eigenvalue weighted by atomic mass is 10.0. The van der Waals surface area contributed by atoms with Crippen molar-refractivity contribution in [2.75, 3.05) is 0 Å². The molecule has 2 heterocycles. The Labute approximate surface area is 206 Å². The summed E-state index contributed by atoms with van der Waals surface area (Å²) < 4.78 is 8.21. The van der Waals surface area contributed by atoms with E-state index >= 15 is 0 Å². The number of furan rings is 1. The largest absolute Gasteiger partial charge is 0.456 e. The molecule has 0 saturated carbocycles. The van der Waals surface area contributed by atoms with Crippen molar-refractivity contribution in [3.63, 3.8) is 0 Å². The second-order valence-corrected chi connectivity index (χ2v) is 8.82. The van der Waals surface area contributed by atoms with E-state index in [-0.39, 0.29) is 0 Å². The Kier molecular flexibility index (Phi) is 4.24. The summed E-state index contributed by atoms with van der Waals surface area (Å²) in [6.45, 7) is 7.51. The highest BCUT2D eigenvalue weighted by Gasteiger charge is 2.16. The van der Waals surface area contributed by atoms with Crippen molar-refractivity contribution in [2.45, 2.75) is 0 Å². The van der Waals surface area contributed by atoms with E-state index in [1.54, 1.807) is 0 Å². The number of nitrogens with zero attached hydrogens (tertiary/aromatic N) is 3. The van der Waals surface area contributed by atoms with Crippen LogP contribution in [0.3, 0.4) is 0 Å². The molecule has 0 N–H and O–H groups in total. The second-order valence-electron chi connectivity index (χ2n) is 8.82. The van der Waals surface area contributed by atoms with E-state index in [9.17, 15) is 5.26 Å². The highest BCUT2D eigenvalue weighted by Crippen LogP contribution is 2.38. The maximum absolute atomic E-state index is 9.77. The van der Waals surface area contributed by atoms with Crippen molar-refractivity contribution >= 4 is 49.4 Å². The molecule has 0 aliphatic rings. The molecule has 0 unspecified atom stereocenters. The standard InChI is InChI=1S/C32H17N3O/c1-34-23-12-14-24-27-16-20(21-10-13-26-25-7-3-5-9-31(25)36-32(26)17-21)11-15-29(27)35(30(24)18-23)28-8-4-2-6-22(28)19-33/h2-18H. The monoisotopic (exact) mass is 459 g/mol. The molecule has 0 aliphatic heterocycles. The van der Waals surface area contributed by atoms with E-state index in [1.165, 1.54) is 0 Å². The van der Waals surface area contributed by atoms with Crippen molar-refractivity contribution < 1.29 is 4.42 Å². The Balaban J connectivity index is 1.50. The van der Waals surface area contributed by atoms with Gasteiger partial charge in [0, 0.05) is 27.1 Å². The molecule has 166 valence electrons. The molecule has 0 fully saturated rings. The van der Waals surface area contributed by atoms with Gasteiger partial charge in [0.05, 0.1) is 23.3 Å². The molecule has 0 radical (unpaired) electrons. The van der Waals surface area contributed by atoms with Crippen LogP contribution < -0.4 is 0 Å². The fourth-order valence-corrected chi connectivity index (χ4v) is 5.19. The van der Waals surface area contributed by atoms with E-state index in [0.717, 1.165) is 60.6 Å². The highest BCUT2D eigenvalue weighted by atomic mass is 16.3. The van der Waals surface area contributed by atoms with Crippen molar-refractivity contribution in [2.24, 2.45) is 0 Å². The number of rotatable bonds is 2. The number of hydrogen-bond acceptors (Lipinski definition) is 2. The van der Waals surface area contributed by atoms with Gasteiger partial charge >= 0.3 is 0 Å². The van der Waals surface area contributed by atoms with E-state index < -0.39 is 0 Å². The third-order valence-electron chi connectivity index (χ3n) is 6.86. The molecule has 0 amide bonds. The Bertz CT molecular complexity index is 2080. The van der Waals surface area contributed by atoms with Crippen LogP contribution in [0.15, 0.2) is 108 Å². The predicted molar refractivity (Wildman–Crippen MR) is 144 cm³/mol. The zero-order valence-corrected chi connectivity index (χ0v) is 19.1. The molecule has 0 saturated heterocycles. The van der Waals surface area contributed by atoms with Crippen LogP contribution in [0, 0.1) is 17.9 Å². The first-order valence-electron chi connectivity index (χ1n) is 11.6. The zero-order valence-electron chi connectivity index (χ0n) is 19.1. The number of para-hydroxylation sites is 2. The number of benzene rings is 5. The summed E-state index contributed by atoms with van der Waals surface area (Å²) >= 11 is 0. The van der Waals surface area contributed by atoms with Crippen LogP contribution in [0.4, 0.5) is 5.69 Å². The minimum atomic E-state index is 0.566. The summed E-state index contributed by atoms with van der Waals surface area (Å²) in [7, 11) is 0. The minimum Gasteiger partial charge on any atom is -0.456 e. The zero-order chi connectivity index (χ0) is 24.2. The number of hydrogen-bond donors (Lipinski definition) is 0. The summed E-state index contributed by atoms with van der Waals surface area (Å²) in [5.41, 5.74) is 7.75. The van der Waals surface area contributed by atoms with Gasteiger partial charge in [0.1, 0.15) is 17.2 Å². The normalized spacial score (nSPS) is 11.3. The van der Waals surface area contributed by atoms with E-state index in [2.05, 4.69) is 57.9 Å². The summed E-state index contributed by atoms with van der Waals surface area (Å²) in [5, 5.41) is 14.1. The Morgan fingerprint density at radius 1 is 0.667 bits per heavy atom. The van der Waals surface area contributed by atoms with Gasteiger partial charge in [-0.3, -0.25) is 0 Å². The lowest BCUT2D eigenvalue weighted by Crippen LogP contribution is -1.97. The van der Waals surface area contributed by atoms with Crippen LogP contribution in [-0.4, -0.2) is 4.57 Å². The molecule has 4 nitrogen and oxygen atoms in total. The van der Waals surface area contributed by atoms with Crippen LogP contribution in [0.5, 0.6) is 0 Å². The van der Waals surface area contributed by atoms with Crippen molar-refractivity contribution in [1.29, 1.82) is 5.26 Å². The van der Waals surface area contributed by atoms with Gasteiger partial charge in [0.15, 0.2) is 5.69 Å². The van der Waals surface area contributed by atoms with Crippen LogP contribution in [0.2, 0.25) is 0 Å². The predicted octanol–water partition coefficient (Wildman–Crippen LogP) is 8.77. The smallest absolute Gasteiger partial charge is 0.189 e. The third-order valence-corrected chi connectivity index (χ3v) is 6.86. The van der Waals surface area contributed by atoms with Gasteiger partial charge in [0.25, 0.3) is 0 Å². The van der Waals surface area contributed by atoms with Gasteiger partial charge in [0.2, 0.25) is 0 Å². The van der Waals surface area contributed by atoms with Gasteiger partial charge in [-0.1, -0.05) is 54.6 Å². The summed E-state index contributed by atoms with van der Waals surface area (Å²) in [4.78, 5) is 3.64. The number of aromatic nitrogens is 1. The Hall–Kier alpha value is -5.32. The summed E-state index contributed by atoms with van der Waals surface area (Å²) in [6, 6.07) is 36.5. The molecule has 2 aromatic heterocycles. The maximum atomic E-state index is 9.77. The van der Waals surface area contributed by atoms with Crippen molar-refractivity contribution in [3.8, 4) is 22.9 Å². The maximum Gasteiger partial charge on any atom is 0.189 e. The van der Waals surface area contributed by atoms with Crippen LogP contribution in [0.25, 0.3) is 65.4 Å². The average Bonchev–Trinajstić information content (AvgIpc) is 3.47. The average molecular weight is 460 g/mol. The SMILES string of the molecule is [C-]#[N+]c1ccc2c3cc(-c4ccc5c(c4)oc4ccccc45)ccc3n(-c3ccccc3C#N)c2c1. The van der Waals surface area contributed by atoms with Crippen molar-refractivity contribution in [3.05, 3.63) is 120 Å². The first-order valence-corrected chi connectivity index (χ1v) is 11.6. The molecule has 0 spiro atoms. The molecule has 5 aromatic carbocycles. The van der Waals surface area contributed by atoms with Gasteiger partial charge in [-0.2, -0.15) is 5.26 Å². The highest BCUT2D eigenvalue weighted by molar-refractivity contribution is 6.12. The molecule has 0 bridgehead atoms. The molecule has 36 heavy (non-hydrogen) atoms. The molecular formula is C32H17N3O. The first kappa shape index (κ1) is 20.1. The molecular weight excluding hydrogens is 442 g/mol. The molecule has 4 heteroatoms. The molecule has 7 aromatic rings. The van der Waals surface area contributed by atoms with Crippen LogP contribution >= 0.6 is 0 Å². The Morgan fingerprint density at radius 2 is 1.42 bits per heavy atom. The van der Waals surface area contributed by atoms with Gasteiger partial charge < -0.3 is 8.98 Å². The van der Waals surface area contributed by atoms with E-state index in [4.69, 9.17) is 11.0 Å². The topological polar surface area (TPSA) is 46.2 Å². The van der Waals surface area contributed by atoms with Gasteiger partial charge in [-0.25, -0.2) is 4.85 Å². The number of nitriles is 1. The fourth-order valence-electron chi connectivity index (χ4n) is 5.19. The fraction of sp³-hybridized carbons (Fsp3) is 0. The van der Waals surface area contributed by atoms with Crippen LogP contribution in [0.1, 0.15) is 5.56 Å². The quantitative estimate of drug-likeness (QED) is 0.243. The summed E-state index contributed by atoms with van der Waals surface area (Å²) in [6.07, 6.45) is 0. The van der Waals surface area contributed by atoms with E-state index in [0.29, 0.717) is 11.3 Å². The molecule has 0 atom stereocenters. The third kappa shape index (κ3) is 2.86. The first-order chi connectivity index (χ1) is 17.7. The lowest BCUT2D eigenvalue weighted by Gasteiger charge is -2.10. The molecule has 0 aliphatic carbocycles. The lowest BCUT2D eigenvalue weighted by molar-refractivity contribution is 0.669. The molecule has 7 rings (SSSR count). The summed E-state index contributed by atoms with van der Waals surface area (Å²) in [5.74, 6) is 0. The minimum absolute atomic E-state index is 0.566. The van der Waals surface area contributed by atoms with E-state index in [1.807, 2.05) is 60.7 Å². The Morgan fingerprint density at radius 3 is 2.31 bits per heavy atom. The van der Waals surface area contributed by atoms with Gasteiger partial charge in [-0.15, -0.1) is 0 Å². The number of fused-ring (bicyclic) bond motifs is 6.